The van der Waals surface area contributed by atoms with E-state index in [-0.39, 0.29) is 23.6 Å². The lowest BCUT2D eigenvalue weighted by molar-refractivity contribution is -0.126. The summed E-state index contributed by atoms with van der Waals surface area (Å²) in [6.45, 7) is 6.80. The monoisotopic (exact) mass is 448 g/mol. The van der Waals surface area contributed by atoms with E-state index in [0.29, 0.717) is 36.5 Å². The van der Waals surface area contributed by atoms with Gasteiger partial charge in [-0.05, 0) is 61.9 Å². The highest BCUT2D eigenvalue weighted by Crippen LogP contribution is 2.25. The van der Waals surface area contributed by atoms with E-state index >= 15 is 0 Å². The number of halogens is 1. The van der Waals surface area contributed by atoms with Crippen molar-refractivity contribution in [1.82, 2.24) is 9.62 Å². The van der Waals surface area contributed by atoms with Gasteiger partial charge < -0.3 is 5.32 Å². The first-order valence-electron chi connectivity index (χ1n) is 10.3. The van der Waals surface area contributed by atoms with Crippen molar-refractivity contribution in [3.8, 4) is 0 Å². The molecule has 1 amide bonds. The number of rotatable bonds is 6. The van der Waals surface area contributed by atoms with E-state index in [1.54, 1.807) is 24.3 Å². The average molecular weight is 449 g/mol. The minimum Gasteiger partial charge on any atom is -0.349 e. The first-order chi connectivity index (χ1) is 14.2. The van der Waals surface area contributed by atoms with Gasteiger partial charge in [-0.2, -0.15) is 0 Å². The lowest BCUT2D eigenvalue weighted by Gasteiger charge is -2.31. The summed E-state index contributed by atoms with van der Waals surface area (Å²) in [5.74, 6) is -0.303. The fraction of sp³-hybridized carbons (Fsp3) is 0.435. The lowest BCUT2D eigenvalue weighted by Crippen LogP contribution is -2.43. The first kappa shape index (κ1) is 22.8. The molecule has 3 rings (SSSR count). The number of sulfonamides is 1. The van der Waals surface area contributed by atoms with Crippen LogP contribution >= 0.6 is 11.6 Å². The Balaban J connectivity index is 1.56. The predicted octanol–water partition coefficient (Wildman–Crippen LogP) is 4.38. The zero-order valence-corrected chi connectivity index (χ0v) is 19.3. The van der Waals surface area contributed by atoms with Crippen LogP contribution in [0.2, 0.25) is 5.02 Å². The van der Waals surface area contributed by atoms with Gasteiger partial charge in [-0.15, -0.1) is 0 Å². The van der Waals surface area contributed by atoms with Gasteiger partial charge in [0.2, 0.25) is 15.9 Å². The molecule has 1 aliphatic heterocycles. The van der Waals surface area contributed by atoms with E-state index < -0.39 is 10.0 Å². The van der Waals surface area contributed by atoms with Gasteiger partial charge in [-0.3, -0.25) is 4.79 Å². The molecule has 1 fully saturated rings. The van der Waals surface area contributed by atoms with E-state index in [1.807, 2.05) is 13.0 Å². The van der Waals surface area contributed by atoms with Crippen molar-refractivity contribution in [2.24, 2.45) is 5.92 Å². The third-order valence-corrected chi connectivity index (χ3v) is 8.10. The lowest BCUT2D eigenvalue weighted by atomic mass is 9.96. The summed E-state index contributed by atoms with van der Waals surface area (Å²) < 4.78 is 27.0. The highest BCUT2D eigenvalue weighted by atomic mass is 35.5. The summed E-state index contributed by atoms with van der Waals surface area (Å²) in [7, 11) is -3.47. The van der Waals surface area contributed by atoms with Crippen LogP contribution in [0.5, 0.6) is 0 Å². The van der Waals surface area contributed by atoms with Crippen molar-refractivity contribution in [2.45, 2.75) is 45.4 Å². The summed E-state index contributed by atoms with van der Waals surface area (Å²) >= 11 is 6.12. The van der Waals surface area contributed by atoms with Crippen LogP contribution in [0.25, 0.3) is 0 Å². The number of aryl methyl sites for hydroxylation is 2. The van der Waals surface area contributed by atoms with Crippen molar-refractivity contribution < 1.29 is 13.2 Å². The quantitative estimate of drug-likeness (QED) is 0.713. The number of carbonyl (C=O) groups is 1. The fourth-order valence-electron chi connectivity index (χ4n) is 3.75. The number of benzene rings is 2. The Labute approximate surface area is 184 Å². The normalized spacial score (nSPS) is 16.9. The van der Waals surface area contributed by atoms with Gasteiger partial charge >= 0.3 is 0 Å². The molecule has 1 heterocycles. The van der Waals surface area contributed by atoms with Gasteiger partial charge in [0.15, 0.2) is 0 Å². The van der Waals surface area contributed by atoms with E-state index in [4.69, 9.17) is 11.6 Å². The molecule has 0 spiro atoms. The Kier molecular flexibility index (Phi) is 7.22. The Morgan fingerprint density at radius 3 is 2.43 bits per heavy atom. The fourth-order valence-corrected chi connectivity index (χ4v) is 5.62. The van der Waals surface area contributed by atoms with E-state index in [2.05, 4.69) is 31.3 Å². The van der Waals surface area contributed by atoms with Crippen molar-refractivity contribution >= 4 is 27.5 Å². The van der Waals surface area contributed by atoms with Crippen molar-refractivity contribution in [2.75, 3.05) is 13.1 Å². The van der Waals surface area contributed by atoms with E-state index in [9.17, 15) is 13.2 Å². The molecule has 162 valence electrons. The summed E-state index contributed by atoms with van der Waals surface area (Å²) in [5.41, 5.74) is 4.10. The van der Waals surface area contributed by atoms with Crippen LogP contribution in [0.3, 0.4) is 0 Å². The molecule has 0 saturated carbocycles. The largest absolute Gasteiger partial charge is 0.349 e. The third-order valence-electron chi connectivity index (χ3n) is 5.90. The van der Waals surface area contributed by atoms with Gasteiger partial charge in [0, 0.05) is 24.0 Å². The number of piperidine rings is 1. The van der Waals surface area contributed by atoms with Crippen molar-refractivity contribution in [3.05, 3.63) is 69.7 Å². The maximum absolute atomic E-state index is 12.8. The molecule has 1 aliphatic rings. The molecule has 0 aromatic heterocycles. The minimum atomic E-state index is -3.47. The number of carbonyl (C=O) groups excluding carboxylic acids is 1. The smallest absolute Gasteiger partial charge is 0.223 e. The molecule has 2 aromatic carbocycles. The predicted molar refractivity (Wildman–Crippen MR) is 121 cm³/mol. The Morgan fingerprint density at radius 1 is 1.13 bits per heavy atom. The summed E-state index contributed by atoms with van der Waals surface area (Å²) in [5, 5.41) is 3.54. The number of amides is 1. The van der Waals surface area contributed by atoms with Crippen LogP contribution in [-0.2, 0) is 20.6 Å². The van der Waals surface area contributed by atoms with Crippen LogP contribution in [0.15, 0.2) is 42.5 Å². The van der Waals surface area contributed by atoms with E-state index in [1.165, 1.54) is 15.4 Å². The van der Waals surface area contributed by atoms with Gasteiger partial charge in [0.25, 0.3) is 0 Å². The van der Waals surface area contributed by atoms with Crippen LogP contribution in [0.4, 0.5) is 0 Å². The Bertz CT molecular complexity index is 1010. The Hall–Kier alpha value is -1.89. The third kappa shape index (κ3) is 5.42. The van der Waals surface area contributed by atoms with Crippen LogP contribution in [0, 0.1) is 19.8 Å². The topological polar surface area (TPSA) is 66.5 Å². The molecule has 7 heteroatoms. The molecule has 30 heavy (non-hydrogen) atoms. The number of hydrogen-bond acceptors (Lipinski definition) is 3. The summed E-state index contributed by atoms with van der Waals surface area (Å²) in [6.07, 6.45) is 1.04. The average Bonchev–Trinajstić information content (AvgIpc) is 2.71. The van der Waals surface area contributed by atoms with Crippen LogP contribution < -0.4 is 5.32 Å². The second-order valence-electron chi connectivity index (χ2n) is 8.09. The van der Waals surface area contributed by atoms with Gasteiger partial charge in [-0.25, -0.2) is 12.7 Å². The molecule has 1 N–H and O–H groups in total. The van der Waals surface area contributed by atoms with Crippen molar-refractivity contribution in [1.29, 1.82) is 0 Å². The zero-order chi connectivity index (χ0) is 21.9. The number of nitrogens with zero attached hydrogens (tertiary/aromatic N) is 1. The van der Waals surface area contributed by atoms with Crippen molar-refractivity contribution in [3.63, 3.8) is 0 Å². The molecular weight excluding hydrogens is 420 g/mol. The second kappa shape index (κ2) is 9.50. The molecule has 2 aromatic rings. The van der Waals surface area contributed by atoms with Gasteiger partial charge in [0.1, 0.15) is 0 Å². The second-order valence-corrected chi connectivity index (χ2v) is 10.5. The molecular formula is C23H29ClN2O3S. The number of nitrogens with one attached hydrogen (secondary N) is 1. The maximum atomic E-state index is 12.8. The number of hydrogen-bond donors (Lipinski definition) is 1. The molecule has 1 saturated heterocycles. The Morgan fingerprint density at radius 2 is 1.80 bits per heavy atom. The summed E-state index contributed by atoms with van der Waals surface area (Å²) in [6, 6.07) is 13.1. The van der Waals surface area contributed by atoms with E-state index in [0.717, 1.165) is 5.56 Å². The molecule has 0 aliphatic carbocycles. The molecule has 1 unspecified atom stereocenters. The van der Waals surface area contributed by atoms with Crippen LogP contribution in [-0.4, -0.2) is 31.7 Å². The zero-order valence-electron chi connectivity index (χ0n) is 17.7. The molecule has 1 atom stereocenters. The van der Waals surface area contributed by atoms with Gasteiger partial charge in [0.05, 0.1) is 11.8 Å². The standard InChI is InChI=1S/C23H29ClN2O3S/c1-16-8-9-20(14-17(16)2)18(3)25-23(27)19-10-12-26(13-11-19)30(28,29)15-21-6-4-5-7-22(21)24/h4-9,14,18-19H,10-13,15H2,1-3H3,(H,25,27). The first-order valence-corrected chi connectivity index (χ1v) is 12.2. The highest BCUT2D eigenvalue weighted by molar-refractivity contribution is 7.88. The molecule has 5 nitrogen and oxygen atoms in total. The highest BCUT2D eigenvalue weighted by Gasteiger charge is 2.32. The minimum absolute atomic E-state index is 0.0103. The molecule has 0 bridgehead atoms. The van der Waals surface area contributed by atoms with Crippen LogP contribution in [0.1, 0.15) is 48.1 Å². The molecule has 0 radical (unpaired) electrons. The summed E-state index contributed by atoms with van der Waals surface area (Å²) in [4.78, 5) is 12.7. The maximum Gasteiger partial charge on any atom is 0.223 e. The SMILES string of the molecule is Cc1ccc(C(C)NC(=O)C2CCN(S(=O)(=O)Cc3ccccc3Cl)CC2)cc1C. The van der Waals surface area contributed by atoms with Gasteiger partial charge in [-0.1, -0.05) is 48.0 Å².